The first-order chi connectivity index (χ1) is 11.7. The normalized spacial score (nSPS) is 12.4. The number of aromatic nitrogens is 2. The van der Waals surface area contributed by atoms with Gasteiger partial charge in [-0.2, -0.15) is 5.48 Å². The number of benzene rings is 1. The molecule has 1 aromatic carbocycles. The van der Waals surface area contributed by atoms with Gasteiger partial charge in [-0.05, 0) is 23.3 Å². The molecule has 0 spiro atoms. The maximum atomic E-state index is 11.4. The molecule has 0 aliphatic heterocycles. The SMILES string of the molecule is CONC(Cc1cn(Cc2cccnc2)c2ccccc12)C(=O)O. The van der Waals surface area contributed by atoms with Crippen LogP contribution in [0.15, 0.2) is 55.0 Å². The second-order valence-corrected chi connectivity index (χ2v) is 5.58. The van der Waals surface area contributed by atoms with Crippen molar-refractivity contribution >= 4 is 16.9 Å². The zero-order valence-electron chi connectivity index (χ0n) is 13.3. The lowest BCUT2D eigenvalue weighted by Crippen LogP contribution is -2.37. The third kappa shape index (κ3) is 3.45. The van der Waals surface area contributed by atoms with Crippen molar-refractivity contribution < 1.29 is 14.7 Å². The Morgan fingerprint density at radius 1 is 1.33 bits per heavy atom. The van der Waals surface area contributed by atoms with E-state index in [9.17, 15) is 9.90 Å². The highest BCUT2D eigenvalue weighted by Gasteiger charge is 2.20. The number of carboxylic acid groups (broad SMARTS) is 1. The predicted molar refractivity (Wildman–Crippen MR) is 90.5 cm³/mol. The van der Waals surface area contributed by atoms with Crippen LogP contribution in [0, 0.1) is 0 Å². The van der Waals surface area contributed by atoms with E-state index >= 15 is 0 Å². The van der Waals surface area contributed by atoms with Gasteiger partial charge in [0.25, 0.3) is 0 Å². The molecule has 6 nitrogen and oxygen atoms in total. The van der Waals surface area contributed by atoms with E-state index in [0.717, 1.165) is 22.0 Å². The molecule has 1 atom stereocenters. The molecule has 6 heteroatoms. The fraction of sp³-hybridized carbons (Fsp3) is 0.222. The van der Waals surface area contributed by atoms with Crippen molar-refractivity contribution in [1.82, 2.24) is 15.0 Å². The number of pyridine rings is 1. The van der Waals surface area contributed by atoms with Gasteiger partial charge in [0.15, 0.2) is 0 Å². The molecular formula is C18H19N3O3. The Morgan fingerprint density at radius 3 is 2.88 bits per heavy atom. The minimum absolute atomic E-state index is 0.337. The van der Waals surface area contributed by atoms with Gasteiger partial charge in [0.05, 0.1) is 7.11 Å². The van der Waals surface area contributed by atoms with Crippen molar-refractivity contribution in [1.29, 1.82) is 0 Å². The van der Waals surface area contributed by atoms with Crippen molar-refractivity contribution in [3.8, 4) is 0 Å². The molecule has 0 aliphatic rings. The van der Waals surface area contributed by atoms with E-state index in [-0.39, 0.29) is 0 Å². The van der Waals surface area contributed by atoms with Gasteiger partial charge in [0.2, 0.25) is 0 Å². The molecule has 124 valence electrons. The number of rotatable bonds is 7. The summed E-state index contributed by atoms with van der Waals surface area (Å²) in [5, 5.41) is 10.4. The molecule has 2 heterocycles. The van der Waals surface area contributed by atoms with Gasteiger partial charge >= 0.3 is 5.97 Å². The number of nitrogens with one attached hydrogen (secondary N) is 1. The van der Waals surface area contributed by atoms with E-state index in [0.29, 0.717) is 13.0 Å². The second-order valence-electron chi connectivity index (χ2n) is 5.58. The smallest absolute Gasteiger partial charge is 0.323 e. The number of fused-ring (bicyclic) bond motifs is 1. The van der Waals surface area contributed by atoms with E-state index < -0.39 is 12.0 Å². The zero-order valence-corrected chi connectivity index (χ0v) is 13.3. The molecule has 1 unspecified atom stereocenters. The Morgan fingerprint density at radius 2 is 2.17 bits per heavy atom. The maximum absolute atomic E-state index is 11.4. The van der Waals surface area contributed by atoms with Crippen molar-refractivity contribution in [3.05, 3.63) is 66.1 Å². The molecule has 2 aromatic heterocycles. The van der Waals surface area contributed by atoms with Gasteiger partial charge in [0, 0.05) is 42.5 Å². The first-order valence-electron chi connectivity index (χ1n) is 7.66. The number of hydrogen-bond donors (Lipinski definition) is 2. The van der Waals surface area contributed by atoms with Crippen LogP contribution < -0.4 is 5.48 Å². The van der Waals surface area contributed by atoms with Gasteiger partial charge in [-0.25, -0.2) is 0 Å². The summed E-state index contributed by atoms with van der Waals surface area (Å²) in [5.41, 5.74) is 5.66. The molecule has 3 aromatic rings. The Hall–Kier alpha value is -2.70. The van der Waals surface area contributed by atoms with Gasteiger partial charge in [-0.3, -0.25) is 9.78 Å². The quantitative estimate of drug-likeness (QED) is 0.652. The summed E-state index contributed by atoms with van der Waals surface area (Å²) in [6, 6.07) is 11.1. The largest absolute Gasteiger partial charge is 0.480 e. The topological polar surface area (TPSA) is 76.4 Å². The van der Waals surface area contributed by atoms with E-state index in [2.05, 4.69) is 15.0 Å². The van der Waals surface area contributed by atoms with E-state index in [4.69, 9.17) is 4.84 Å². The summed E-state index contributed by atoms with van der Waals surface area (Å²) in [4.78, 5) is 20.3. The fourth-order valence-electron chi connectivity index (χ4n) is 2.85. The number of aliphatic carboxylic acids is 1. The van der Waals surface area contributed by atoms with Crippen LogP contribution in [0.5, 0.6) is 0 Å². The van der Waals surface area contributed by atoms with Crippen LogP contribution >= 0.6 is 0 Å². The van der Waals surface area contributed by atoms with Crippen molar-refractivity contribution in [2.45, 2.75) is 19.0 Å². The fourth-order valence-corrected chi connectivity index (χ4v) is 2.85. The van der Waals surface area contributed by atoms with Crippen LogP contribution in [0.1, 0.15) is 11.1 Å². The van der Waals surface area contributed by atoms with Crippen LogP contribution in [0.3, 0.4) is 0 Å². The average molecular weight is 325 g/mol. The minimum Gasteiger partial charge on any atom is -0.480 e. The maximum Gasteiger partial charge on any atom is 0.323 e. The number of hydrogen-bond acceptors (Lipinski definition) is 4. The summed E-state index contributed by atoms with van der Waals surface area (Å²) in [6.07, 6.45) is 5.92. The third-order valence-electron chi connectivity index (χ3n) is 3.93. The average Bonchev–Trinajstić information content (AvgIpc) is 2.93. The molecular weight excluding hydrogens is 306 g/mol. The standard InChI is InChI=1S/C18H19N3O3/c1-24-20-16(18(22)23)9-14-12-21(11-13-5-4-8-19-10-13)17-7-3-2-6-15(14)17/h2-8,10,12,16,20H,9,11H2,1H3,(H,22,23). The van der Waals surface area contributed by atoms with Crippen LogP contribution in [-0.4, -0.2) is 33.8 Å². The highest BCUT2D eigenvalue weighted by atomic mass is 16.6. The van der Waals surface area contributed by atoms with Gasteiger partial charge in [-0.1, -0.05) is 24.3 Å². The molecule has 0 saturated heterocycles. The monoisotopic (exact) mass is 325 g/mol. The van der Waals surface area contributed by atoms with Crippen molar-refractivity contribution in [2.24, 2.45) is 0 Å². The number of carboxylic acids is 1. The lowest BCUT2D eigenvalue weighted by Gasteiger charge is -2.11. The highest BCUT2D eigenvalue weighted by Crippen LogP contribution is 2.23. The molecule has 0 aliphatic carbocycles. The van der Waals surface area contributed by atoms with Crippen LogP contribution in [0.4, 0.5) is 0 Å². The highest BCUT2D eigenvalue weighted by molar-refractivity contribution is 5.85. The summed E-state index contributed by atoms with van der Waals surface area (Å²) in [7, 11) is 1.42. The molecule has 0 fully saturated rings. The summed E-state index contributed by atoms with van der Waals surface area (Å²) < 4.78 is 2.12. The Labute approximate surface area is 139 Å². The number of nitrogens with zero attached hydrogens (tertiary/aromatic N) is 2. The summed E-state index contributed by atoms with van der Waals surface area (Å²) in [5.74, 6) is -0.944. The van der Waals surface area contributed by atoms with Crippen molar-refractivity contribution in [2.75, 3.05) is 7.11 Å². The molecule has 2 N–H and O–H groups in total. The number of carbonyl (C=O) groups is 1. The second kappa shape index (κ2) is 7.25. The molecule has 3 rings (SSSR count). The van der Waals surface area contributed by atoms with E-state index in [1.54, 1.807) is 6.20 Å². The van der Waals surface area contributed by atoms with Crippen LogP contribution in [0.2, 0.25) is 0 Å². The summed E-state index contributed by atoms with van der Waals surface area (Å²) >= 11 is 0. The lowest BCUT2D eigenvalue weighted by molar-refractivity contribution is -0.143. The number of para-hydroxylation sites is 1. The first-order valence-corrected chi connectivity index (χ1v) is 7.66. The first kappa shape index (κ1) is 16.2. The molecule has 0 radical (unpaired) electrons. The molecule has 0 saturated carbocycles. The Balaban J connectivity index is 1.95. The predicted octanol–water partition coefficient (Wildman–Crippen LogP) is 2.23. The Kier molecular flexibility index (Phi) is 4.88. The molecule has 0 bridgehead atoms. The number of hydroxylamine groups is 1. The minimum atomic E-state index is -0.944. The van der Waals surface area contributed by atoms with Gasteiger partial charge in [0.1, 0.15) is 6.04 Å². The molecule has 0 amide bonds. The van der Waals surface area contributed by atoms with E-state index in [1.165, 1.54) is 7.11 Å². The Bertz CT molecular complexity index is 830. The van der Waals surface area contributed by atoms with Crippen LogP contribution in [-0.2, 0) is 22.6 Å². The zero-order chi connectivity index (χ0) is 16.9. The summed E-state index contributed by atoms with van der Waals surface area (Å²) in [6.45, 7) is 0.684. The van der Waals surface area contributed by atoms with Crippen molar-refractivity contribution in [3.63, 3.8) is 0 Å². The van der Waals surface area contributed by atoms with E-state index in [1.807, 2.05) is 48.8 Å². The lowest BCUT2D eigenvalue weighted by atomic mass is 10.1. The van der Waals surface area contributed by atoms with Crippen LogP contribution in [0.25, 0.3) is 10.9 Å². The molecule has 24 heavy (non-hydrogen) atoms. The third-order valence-corrected chi connectivity index (χ3v) is 3.93. The van der Waals surface area contributed by atoms with Gasteiger partial charge in [-0.15, -0.1) is 0 Å². The van der Waals surface area contributed by atoms with Gasteiger partial charge < -0.3 is 14.5 Å².